The summed E-state index contributed by atoms with van der Waals surface area (Å²) >= 11 is 0. The fraction of sp³-hybridized carbons (Fsp3) is 0.259. The predicted molar refractivity (Wildman–Crippen MR) is 128 cm³/mol. The molecule has 35 heavy (non-hydrogen) atoms. The van der Waals surface area contributed by atoms with Gasteiger partial charge in [0.25, 0.3) is 5.91 Å². The molecule has 0 saturated carbocycles. The van der Waals surface area contributed by atoms with Crippen LogP contribution in [0.25, 0.3) is 16.6 Å². The van der Waals surface area contributed by atoms with E-state index >= 15 is 0 Å². The number of fused-ring (bicyclic) bond motifs is 1. The van der Waals surface area contributed by atoms with Crippen LogP contribution in [0.15, 0.2) is 66.9 Å². The molecule has 3 aromatic carbocycles. The summed E-state index contributed by atoms with van der Waals surface area (Å²) in [5, 5.41) is 7.58. The van der Waals surface area contributed by atoms with E-state index in [0.717, 1.165) is 22.0 Å². The van der Waals surface area contributed by atoms with Crippen molar-refractivity contribution in [3.8, 4) is 11.4 Å². The number of carbonyl (C=O) groups excluding carboxylic acids is 1. The summed E-state index contributed by atoms with van der Waals surface area (Å²) in [6.07, 6.45) is 1.84. The van der Waals surface area contributed by atoms with Gasteiger partial charge in [0.2, 0.25) is 5.72 Å². The Bertz CT molecular complexity index is 1380. The van der Waals surface area contributed by atoms with Gasteiger partial charge in [0, 0.05) is 24.3 Å². The standard InChI is InChI=1S/C27H26F3N3O2/c1-5-27(32-25(34)26(4,29)30,23-14-17(2)6-7-18(23)3)35-22-12-13-24-19(15-22)16-31-33(24)21-10-8-20(28)9-11-21/h6-16H,5H2,1-4H3,(H,32,34)/t27-/m1/s1. The lowest BCUT2D eigenvalue weighted by Crippen LogP contribution is -2.54. The number of nitrogens with one attached hydrogen (secondary N) is 1. The maximum Gasteiger partial charge on any atom is 0.322 e. The van der Waals surface area contributed by atoms with Crippen LogP contribution in [0.5, 0.6) is 5.75 Å². The number of halogens is 3. The molecule has 5 nitrogen and oxygen atoms in total. The van der Waals surface area contributed by atoms with Crippen molar-refractivity contribution in [2.24, 2.45) is 0 Å². The number of aromatic nitrogens is 2. The molecule has 0 spiro atoms. The Morgan fingerprint density at radius 2 is 1.77 bits per heavy atom. The van der Waals surface area contributed by atoms with Crippen molar-refractivity contribution in [3.63, 3.8) is 0 Å². The second-order valence-corrected chi connectivity index (χ2v) is 8.70. The van der Waals surface area contributed by atoms with Crippen molar-refractivity contribution in [1.82, 2.24) is 15.1 Å². The largest absolute Gasteiger partial charge is 0.464 e. The maximum atomic E-state index is 13.9. The third-order valence-corrected chi connectivity index (χ3v) is 5.94. The number of nitrogens with zero attached hydrogens (tertiary/aromatic N) is 2. The average molecular weight is 482 g/mol. The lowest BCUT2D eigenvalue weighted by Gasteiger charge is -2.37. The van der Waals surface area contributed by atoms with E-state index in [1.807, 2.05) is 32.0 Å². The molecule has 1 amide bonds. The average Bonchev–Trinajstić information content (AvgIpc) is 3.23. The first-order chi connectivity index (χ1) is 16.5. The SMILES string of the molecule is CC[C@@](NC(=O)C(C)(F)F)(Oc1ccc2c(cnn2-c2ccc(F)cc2)c1)c1cc(C)ccc1C. The van der Waals surface area contributed by atoms with E-state index in [2.05, 4.69) is 10.4 Å². The number of ether oxygens (including phenoxy) is 1. The first-order valence-corrected chi connectivity index (χ1v) is 11.2. The molecule has 0 aliphatic carbocycles. The first-order valence-electron chi connectivity index (χ1n) is 11.2. The summed E-state index contributed by atoms with van der Waals surface area (Å²) < 4.78 is 49.1. The zero-order valence-corrected chi connectivity index (χ0v) is 19.9. The third kappa shape index (κ3) is 4.87. The van der Waals surface area contributed by atoms with E-state index in [9.17, 15) is 18.0 Å². The van der Waals surface area contributed by atoms with E-state index < -0.39 is 17.6 Å². The predicted octanol–water partition coefficient (Wildman–Crippen LogP) is 6.19. The lowest BCUT2D eigenvalue weighted by molar-refractivity contribution is -0.150. The molecule has 0 radical (unpaired) electrons. The number of amides is 1. The van der Waals surface area contributed by atoms with Gasteiger partial charge in [0.05, 0.1) is 17.4 Å². The normalized spacial score (nSPS) is 13.5. The highest BCUT2D eigenvalue weighted by Crippen LogP contribution is 2.34. The Labute approximate surface area is 201 Å². The van der Waals surface area contributed by atoms with E-state index in [0.29, 0.717) is 23.9 Å². The summed E-state index contributed by atoms with van der Waals surface area (Å²) in [5.41, 5.74) is 2.21. The minimum Gasteiger partial charge on any atom is -0.464 e. The van der Waals surface area contributed by atoms with Crippen LogP contribution >= 0.6 is 0 Å². The highest BCUT2D eigenvalue weighted by atomic mass is 19.3. The van der Waals surface area contributed by atoms with Gasteiger partial charge in [0.15, 0.2) is 0 Å². The second-order valence-electron chi connectivity index (χ2n) is 8.70. The van der Waals surface area contributed by atoms with Crippen molar-refractivity contribution in [2.75, 3.05) is 0 Å². The molecular weight excluding hydrogens is 455 g/mol. The quantitative estimate of drug-likeness (QED) is 0.320. The number of carbonyl (C=O) groups is 1. The van der Waals surface area contributed by atoms with Crippen LogP contribution in [-0.4, -0.2) is 21.6 Å². The third-order valence-electron chi connectivity index (χ3n) is 5.94. The fourth-order valence-electron chi connectivity index (χ4n) is 4.03. The second kappa shape index (κ2) is 9.09. The van der Waals surface area contributed by atoms with Gasteiger partial charge in [-0.2, -0.15) is 13.9 Å². The highest BCUT2D eigenvalue weighted by molar-refractivity contribution is 5.84. The molecular formula is C27H26F3N3O2. The van der Waals surface area contributed by atoms with Crippen molar-refractivity contribution >= 4 is 16.8 Å². The molecule has 1 heterocycles. The summed E-state index contributed by atoms with van der Waals surface area (Å²) in [4.78, 5) is 12.4. The van der Waals surface area contributed by atoms with Crippen molar-refractivity contribution in [1.29, 1.82) is 0 Å². The molecule has 4 rings (SSSR count). The Morgan fingerprint density at radius 1 is 1.06 bits per heavy atom. The summed E-state index contributed by atoms with van der Waals surface area (Å²) in [7, 11) is 0. The fourth-order valence-corrected chi connectivity index (χ4v) is 4.03. The van der Waals surface area contributed by atoms with E-state index in [-0.39, 0.29) is 12.2 Å². The van der Waals surface area contributed by atoms with Crippen LogP contribution in [0.4, 0.5) is 13.2 Å². The number of benzene rings is 3. The molecule has 182 valence electrons. The molecule has 1 N–H and O–H groups in total. The number of hydrogen-bond donors (Lipinski definition) is 1. The number of hydrogen-bond acceptors (Lipinski definition) is 3. The van der Waals surface area contributed by atoms with Gasteiger partial charge in [-0.05, 0) is 67.9 Å². The zero-order valence-electron chi connectivity index (χ0n) is 19.9. The van der Waals surface area contributed by atoms with E-state index in [1.165, 1.54) is 12.1 Å². The number of aryl methyl sites for hydroxylation is 2. The van der Waals surface area contributed by atoms with Gasteiger partial charge < -0.3 is 10.1 Å². The van der Waals surface area contributed by atoms with Crippen LogP contribution < -0.4 is 10.1 Å². The topological polar surface area (TPSA) is 56.1 Å². The van der Waals surface area contributed by atoms with Crippen LogP contribution in [0.1, 0.15) is 37.0 Å². The minimum absolute atomic E-state index is 0.200. The molecule has 1 aromatic heterocycles. The van der Waals surface area contributed by atoms with Crippen LogP contribution in [0.2, 0.25) is 0 Å². The summed E-state index contributed by atoms with van der Waals surface area (Å²) in [6.45, 7) is 6.05. The summed E-state index contributed by atoms with van der Waals surface area (Å²) in [6, 6.07) is 16.8. The number of rotatable bonds is 7. The van der Waals surface area contributed by atoms with Crippen LogP contribution in [0.3, 0.4) is 0 Å². The summed E-state index contributed by atoms with van der Waals surface area (Å²) in [5.74, 6) is -4.98. The van der Waals surface area contributed by atoms with Gasteiger partial charge in [-0.25, -0.2) is 9.07 Å². The minimum atomic E-state index is -3.58. The van der Waals surface area contributed by atoms with E-state index in [4.69, 9.17) is 4.74 Å². The molecule has 0 fully saturated rings. The Morgan fingerprint density at radius 3 is 2.43 bits per heavy atom. The Hall–Kier alpha value is -3.81. The van der Waals surface area contributed by atoms with Crippen LogP contribution in [-0.2, 0) is 10.5 Å². The van der Waals surface area contributed by atoms with Crippen molar-refractivity contribution in [2.45, 2.75) is 45.8 Å². The van der Waals surface area contributed by atoms with Gasteiger partial charge in [-0.1, -0.05) is 24.6 Å². The molecule has 1 atom stereocenters. The Balaban J connectivity index is 1.77. The van der Waals surface area contributed by atoms with Crippen molar-refractivity contribution < 1.29 is 22.7 Å². The Kier molecular flexibility index (Phi) is 6.32. The molecule has 0 unspecified atom stereocenters. The van der Waals surface area contributed by atoms with E-state index in [1.54, 1.807) is 48.1 Å². The van der Waals surface area contributed by atoms with Crippen molar-refractivity contribution in [3.05, 3.63) is 89.4 Å². The molecule has 0 aliphatic rings. The zero-order chi connectivity index (χ0) is 25.4. The molecule has 4 aromatic rings. The van der Waals surface area contributed by atoms with Gasteiger partial charge >= 0.3 is 5.92 Å². The lowest BCUT2D eigenvalue weighted by atomic mass is 9.93. The molecule has 0 aliphatic heterocycles. The smallest absolute Gasteiger partial charge is 0.322 e. The highest BCUT2D eigenvalue weighted by Gasteiger charge is 2.42. The maximum absolute atomic E-state index is 13.9. The molecule has 8 heteroatoms. The van der Waals surface area contributed by atoms with Gasteiger partial charge in [-0.15, -0.1) is 0 Å². The number of alkyl halides is 2. The molecule has 0 saturated heterocycles. The van der Waals surface area contributed by atoms with Gasteiger partial charge in [0.1, 0.15) is 11.6 Å². The first kappa shape index (κ1) is 24.3. The van der Waals surface area contributed by atoms with Gasteiger partial charge in [-0.3, -0.25) is 4.79 Å². The monoisotopic (exact) mass is 481 g/mol. The van der Waals surface area contributed by atoms with Crippen LogP contribution in [0, 0.1) is 19.7 Å². The molecule has 0 bridgehead atoms.